The van der Waals surface area contributed by atoms with Crippen molar-refractivity contribution in [3.63, 3.8) is 0 Å². The molecule has 4 nitrogen and oxygen atoms in total. The normalized spacial score (nSPS) is 12.9. The minimum atomic E-state index is 0.268. The molecule has 0 saturated carbocycles. The Kier molecular flexibility index (Phi) is 3.81. The van der Waals surface area contributed by atoms with Crippen LogP contribution < -0.4 is 5.32 Å². The predicted octanol–water partition coefficient (Wildman–Crippen LogP) is 2.69. The lowest BCUT2D eigenvalue weighted by molar-refractivity contribution is 0.554. The Balaban J connectivity index is 1.96. The zero-order valence-electron chi connectivity index (χ0n) is 10.1. The monoisotopic (exact) mass is 270 g/mol. The maximum absolute atomic E-state index is 5.91. The average Bonchev–Trinajstić information content (AvgIpc) is 2.86. The summed E-state index contributed by atoms with van der Waals surface area (Å²) in [4.78, 5) is 1.23. The number of nitrogens with one attached hydrogen (secondary N) is 1. The van der Waals surface area contributed by atoms with Gasteiger partial charge in [-0.1, -0.05) is 11.6 Å². The quantitative estimate of drug-likeness (QED) is 0.929. The van der Waals surface area contributed by atoms with Crippen LogP contribution in [0.5, 0.6) is 0 Å². The summed E-state index contributed by atoms with van der Waals surface area (Å²) in [6.07, 6.45) is 0. The van der Waals surface area contributed by atoms with Gasteiger partial charge in [-0.15, -0.1) is 21.5 Å². The van der Waals surface area contributed by atoms with Crippen molar-refractivity contribution >= 4 is 22.9 Å². The van der Waals surface area contributed by atoms with Crippen LogP contribution in [0.1, 0.15) is 29.5 Å². The van der Waals surface area contributed by atoms with Crippen LogP contribution in [-0.4, -0.2) is 14.8 Å². The van der Waals surface area contributed by atoms with Gasteiger partial charge in [0.25, 0.3) is 0 Å². The summed E-state index contributed by atoms with van der Waals surface area (Å²) in [6, 6.07) is 4.24. The van der Waals surface area contributed by atoms with E-state index in [0.717, 1.165) is 16.0 Å². The van der Waals surface area contributed by atoms with Gasteiger partial charge in [0.2, 0.25) is 0 Å². The van der Waals surface area contributed by atoms with Crippen LogP contribution in [0.4, 0.5) is 0 Å². The maximum atomic E-state index is 5.91. The van der Waals surface area contributed by atoms with Crippen LogP contribution in [0.2, 0.25) is 4.34 Å². The molecule has 0 amide bonds. The highest BCUT2D eigenvalue weighted by molar-refractivity contribution is 7.16. The van der Waals surface area contributed by atoms with Gasteiger partial charge in [-0.05, 0) is 26.0 Å². The molecule has 0 fully saturated rings. The van der Waals surface area contributed by atoms with Crippen LogP contribution in [0.25, 0.3) is 0 Å². The molecule has 2 aromatic rings. The number of rotatable bonds is 4. The van der Waals surface area contributed by atoms with Crippen molar-refractivity contribution in [3.8, 4) is 0 Å². The number of aromatic nitrogens is 3. The SMILES string of the molecule is Cc1nnc(CNC(C)c2ccc(Cl)s2)n1C. The molecule has 0 bridgehead atoms. The number of aryl methyl sites for hydroxylation is 1. The molecule has 92 valence electrons. The molecule has 0 aliphatic rings. The van der Waals surface area contributed by atoms with E-state index in [-0.39, 0.29) is 6.04 Å². The molecule has 1 atom stereocenters. The van der Waals surface area contributed by atoms with E-state index < -0.39 is 0 Å². The van der Waals surface area contributed by atoms with Gasteiger partial charge in [0.05, 0.1) is 10.9 Å². The Labute approximate surface area is 110 Å². The number of halogens is 1. The van der Waals surface area contributed by atoms with Gasteiger partial charge in [-0.25, -0.2) is 0 Å². The summed E-state index contributed by atoms with van der Waals surface area (Å²) in [5.41, 5.74) is 0. The Morgan fingerprint density at radius 3 is 2.76 bits per heavy atom. The number of thiophene rings is 1. The summed E-state index contributed by atoms with van der Waals surface area (Å²) in [5, 5.41) is 11.6. The standard InChI is InChI=1S/C11H15ClN4S/c1-7(9-4-5-10(12)17-9)13-6-11-15-14-8(2)16(11)3/h4-5,7,13H,6H2,1-3H3. The van der Waals surface area contributed by atoms with Crippen molar-refractivity contribution in [2.75, 3.05) is 0 Å². The highest BCUT2D eigenvalue weighted by atomic mass is 35.5. The molecule has 0 aliphatic carbocycles. The van der Waals surface area contributed by atoms with Gasteiger partial charge in [-0.3, -0.25) is 0 Å². The van der Waals surface area contributed by atoms with E-state index in [4.69, 9.17) is 11.6 Å². The average molecular weight is 271 g/mol. The van der Waals surface area contributed by atoms with E-state index >= 15 is 0 Å². The molecule has 0 saturated heterocycles. The van der Waals surface area contributed by atoms with Crippen molar-refractivity contribution in [2.45, 2.75) is 26.4 Å². The second kappa shape index (κ2) is 5.16. The first-order chi connectivity index (χ1) is 8.08. The lowest BCUT2D eigenvalue weighted by atomic mass is 10.3. The van der Waals surface area contributed by atoms with Crippen molar-refractivity contribution in [1.29, 1.82) is 0 Å². The van der Waals surface area contributed by atoms with Gasteiger partial charge in [0, 0.05) is 18.0 Å². The summed E-state index contributed by atoms with van der Waals surface area (Å²) in [6.45, 7) is 4.76. The Hall–Kier alpha value is -0.910. The second-order valence-corrected chi connectivity index (χ2v) is 5.71. The number of hydrogen-bond donors (Lipinski definition) is 1. The molecule has 6 heteroatoms. The van der Waals surface area contributed by atoms with Gasteiger partial charge < -0.3 is 9.88 Å². The van der Waals surface area contributed by atoms with Gasteiger partial charge in [-0.2, -0.15) is 0 Å². The van der Waals surface area contributed by atoms with E-state index in [9.17, 15) is 0 Å². The molecule has 17 heavy (non-hydrogen) atoms. The third kappa shape index (κ3) is 2.86. The van der Waals surface area contributed by atoms with Crippen molar-refractivity contribution in [2.24, 2.45) is 7.05 Å². The maximum Gasteiger partial charge on any atom is 0.146 e. The van der Waals surface area contributed by atoms with Crippen LogP contribution in [0.3, 0.4) is 0 Å². The van der Waals surface area contributed by atoms with Crippen LogP contribution in [-0.2, 0) is 13.6 Å². The van der Waals surface area contributed by atoms with Crippen molar-refractivity contribution < 1.29 is 0 Å². The van der Waals surface area contributed by atoms with E-state index in [0.29, 0.717) is 6.54 Å². The van der Waals surface area contributed by atoms with E-state index in [2.05, 4.69) is 22.4 Å². The van der Waals surface area contributed by atoms with Gasteiger partial charge in [0.1, 0.15) is 11.6 Å². The van der Waals surface area contributed by atoms with Crippen LogP contribution in [0.15, 0.2) is 12.1 Å². The molecule has 0 aromatic carbocycles. The largest absolute Gasteiger partial charge is 0.317 e. The molecule has 0 aliphatic heterocycles. The summed E-state index contributed by atoms with van der Waals surface area (Å²) < 4.78 is 2.81. The third-order valence-electron chi connectivity index (χ3n) is 2.77. The molecular weight excluding hydrogens is 256 g/mol. The summed E-state index contributed by atoms with van der Waals surface area (Å²) in [7, 11) is 1.97. The number of nitrogens with zero attached hydrogens (tertiary/aromatic N) is 3. The topological polar surface area (TPSA) is 42.7 Å². The highest BCUT2D eigenvalue weighted by Gasteiger charge is 2.10. The van der Waals surface area contributed by atoms with Crippen LogP contribution in [0, 0.1) is 6.92 Å². The Morgan fingerprint density at radius 1 is 1.47 bits per heavy atom. The molecule has 0 radical (unpaired) electrons. The van der Waals surface area contributed by atoms with Crippen molar-refractivity contribution in [3.05, 3.63) is 33.0 Å². The second-order valence-electron chi connectivity index (χ2n) is 3.97. The van der Waals surface area contributed by atoms with Gasteiger partial charge >= 0.3 is 0 Å². The fourth-order valence-corrected chi connectivity index (χ4v) is 2.60. The molecule has 0 spiro atoms. The predicted molar refractivity (Wildman–Crippen MR) is 70.3 cm³/mol. The molecule has 2 aromatic heterocycles. The lowest BCUT2D eigenvalue weighted by Crippen LogP contribution is -2.19. The third-order valence-corrected chi connectivity index (χ3v) is 4.18. The van der Waals surface area contributed by atoms with Gasteiger partial charge in [0.15, 0.2) is 0 Å². The minimum absolute atomic E-state index is 0.268. The minimum Gasteiger partial charge on any atom is -0.317 e. The molecular formula is C11H15ClN4S. The summed E-state index contributed by atoms with van der Waals surface area (Å²) in [5.74, 6) is 1.87. The lowest BCUT2D eigenvalue weighted by Gasteiger charge is -2.11. The molecule has 2 rings (SSSR count). The highest BCUT2D eigenvalue weighted by Crippen LogP contribution is 2.26. The van der Waals surface area contributed by atoms with E-state index in [1.165, 1.54) is 4.88 Å². The molecule has 1 unspecified atom stereocenters. The fourth-order valence-electron chi connectivity index (χ4n) is 1.51. The smallest absolute Gasteiger partial charge is 0.146 e. The molecule has 2 heterocycles. The summed E-state index contributed by atoms with van der Waals surface area (Å²) >= 11 is 7.51. The first-order valence-electron chi connectivity index (χ1n) is 5.41. The fraction of sp³-hybridized carbons (Fsp3) is 0.455. The number of hydrogen-bond acceptors (Lipinski definition) is 4. The van der Waals surface area contributed by atoms with E-state index in [1.807, 2.05) is 30.7 Å². The first kappa shape index (κ1) is 12.5. The Bertz CT molecular complexity index is 505. The van der Waals surface area contributed by atoms with E-state index in [1.54, 1.807) is 11.3 Å². The zero-order valence-corrected chi connectivity index (χ0v) is 11.6. The first-order valence-corrected chi connectivity index (χ1v) is 6.61. The van der Waals surface area contributed by atoms with Crippen LogP contribution >= 0.6 is 22.9 Å². The zero-order chi connectivity index (χ0) is 12.4. The Morgan fingerprint density at radius 2 is 2.24 bits per heavy atom. The van der Waals surface area contributed by atoms with Crippen molar-refractivity contribution in [1.82, 2.24) is 20.1 Å². The molecule has 1 N–H and O–H groups in total.